The van der Waals surface area contributed by atoms with Crippen LogP contribution in [0.3, 0.4) is 0 Å². The van der Waals surface area contributed by atoms with Gasteiger partial charge in [-0.3, -0.25) is 0 Å². The zero-order valence-electron chi connectivity index (χ0n) is 9.31. The molecule has 1 aromatic heterocycles. The lowest BCUT2D eigenvalue weighted by Crippen LogP contribution is -2.47. The van der Waals surface area contributed by atoms with Crippen molar-refractivity contribution in [3.8, 4) is 0 Å². The maximum atomic E-state index is 5.49. The summed E-state index contributed by atoms with van der Waals surface area (Å²) < 4.78 is 5.49. The smallest absolute Gasteiger partial charge is 0.105 e. The van der Waals surface area contributed by atoms with Crippen molar-refractivity contribution in [2.24, 2.45) is 0 Å². The van der Waals surface area contributed by atoms with Crippen LogP contribution in [0.4, 0.5) is 0 Å². The average molecular weight is 193 g/mol. The molecule has 0 spiro atoms. The maximum Gasteiger partial charge on any atom is 0.105 e. The Hall–Kier alpha value is -0.760. The van der Waals surface area contributed by atoms with E-state index in [0.29, 0.717) is 5.54 Å². The molecule has 1 aliphatic carbocycles. The van der Waals surface area contributed by atoms with E-state index in [1.54, 1.807) is 0 Å². The lowest BCUT2D eigenvalue weighted by Gasteiger charge is -2.39. The van der Waals surface area contributed by atoms with Crippen molar-refractivity contribution < 1.29 is 4.42 Å². The monoisotopic (exact) mass is 193 g/mol. The molecule has 0 unspecified atom stereocenters. The van der Waals surface area contributed by atoms with E-state index >= 15 is 0 Å². The molecule has 1 aliphatic rings. The van der Waals surface area contributed by atoms with Crippen LogP contribution in [-0.4, -0.2) is 5.54 Å². The lowest BCUT2D eigenvalue weighted by molar-refractivity contribution is 0.206. The van der Waals surface area contributed by atoms with E-state index < -0.39 is 0 Å². The highest BCUT2D eigenvalue weighted by molar-refractivity contribution is 5.20. The topological polar surface area (TPSA) is 25.2 Å². The van der Waals surface area contributed by atoms with Crippen molar-refractivity contribution in [3.63, 3.8) is 0 Å². The predicted octanol–water partition coefficient (Wildman–Crippen LogP) is 2.93. The highest BCUT2D eigenvalue weighted by Gasteiger charge is 2.30. The zero-order valence-corrected chi connectivity index (χ0v) is 9.31. The number of nitrogens with one attached hydrogen (secondary N) is 1. The number of rotatable bonds is 3. The molecule has 1 aromatic rings. The molecule has 14 heavy (non-hydrogen) atoms. The molecule has 1 heterocycles. The van der Waals surface area contributed by atoms with Gasteiger partial charge in [0.05, 0.1) is 0 Å². The molecule has 0 atom stereocenters. The second-order valence-corrected chi connectivity index (χ2v) is 4.71. The van der Waals surface area contributed by atoms with Crippen LogP contribution in [0.5, 0.6) is 0 Å². The van der Waals surface area contributed by atoms with E-state index in [1.165, 1.54) is 24.8 Å². The SMILES string of the molecule is Cc1cc(CNC2(C)CCC2)c(C)o1. The van der Waals surface area contributed by atoms with Crippen LogP contribution < -0.4 is 5.32 Å². The number of aryl methyl sites for hydroxylation is 2. The normalized spacial score (nSPS) is 19.4. The van der Waals surface area contributed by atoms with Crippen molar-refractivity contribution in [1.82, 2.24) is 5.32 Å². The van der Waals surface area contributed by atoms with Crippen LogP contribution in [0.25, 0.3) is 0 Å². The average Bonchev–Trinajstić information content (AvgIpc) is 2.38. The van der Waals surface area contributed by atoms with Crippen LogP contribution >= 0.6 is 0 Å². The Morgan fingerprint density at radius 1 is 1.43 bits per heavy atom. The van der Waals surface area contributed by atoms with Crippen molar-refractivity contribution in [3.05, 3.63) is 23.2 Å². The third kappa shape index (κ3) is 1.85. The summed E-state index contributed by atoms with van der Waals surface area (Å²) >= 11 is 0. The number of hydrogen-bond donors (Lipinski definition) is 1. The first-order valence-electron chi connectivity index (χ1n) is 5.40. The molecule has 0 saturated heterocycles. The van der Waals surface area contributed by atoms with Gasteiger partial charge in [-0.1, -0.05) is 0 Å². The summed E-state index contributed by atoms with van der Waals surface area (Å²) in [7, 11) is 0. The summed E-state index contributed by atoms with van der Waals surface area (Å²) in [6.45, 7) is 7.28. The Balaban J connectivity index is 1.94. The predicted molar refractivity (Wildman–Crippen MR) is 57.3 cm³/mol. The minimum absolute atomic E-state index is 0.387. The summed E-state index contributed by atoms with van der Waals surface area (Å²) in [6, 6.07) is 2.13. The fourth-order valence-corrected chi connectivity index (χ4v) is 2.05. The highest BCUT2D eigenvalue weighted by Crippen LogP contribution is 2.31. The van der Waals surface area contributed by atoms with Gasteiger partial charge in [-0.25, -0.2) is 0 Å². The first-order valence-corrected chi connectivity index (χ1v) is 5.40. The molecule has 78 valence electrons. The quantitative estimate of drug-likeness (QED) is 0.798. The van der Waals surface area contributed by atoms with E-state index in [4.69, 9.17) is 4.42 Å². The standard InChI is InChI=1S/C12H19NO/c1-9-7-11(10(2)14-9)8-13-12(3)5-4-6-12/h7,13H,4-6,8H2,1-3H3. The Labute approximate surface area is 85.7 Å². The Bertz CT molecular complexity index is 323. The van der Waals surface area contributed by atoms with Crippen molar-refractivity contribution >= 4 is 0 Å². The van der Waals surface area contributed by atoms with Crippen LogP contribution in [0.1, 0.15) is 43.3 Å². The second-order valence-electron chi connectivity index (χ2n) is 4.71. The Morgan fingerprint density at radius 3 is 2.57 bits per heavy atom. The molecule has 0 radical (unpaired) electrons. The zero-order chi connectivity index (χ0) is 10.2. The number of furan rings is 1. The van der Waals surface area contributed by atoms with Gasteiger partial charge < -0.3 is 9.73 Å². The molecule has 1 N–H and O–H groups in total. The summed E-state index contributed by atoms with van der Waals surface area (Å²) in [5.74, 6) is 2.07. The highest BCUT2D eigenvalue weighted by atomic mass is 16.3. The molecule has 1 saturated carbocycles. The molecule has 0 bridgehead atoms. The summed E-state index contributed by atoms with van der Waals surface area (Å²) in [5, 5.41) is 3.61. The van der Waals surface area contributed by atoms with Gasteiger partial charge in [0, 0.05) is 17.6 Å². The summed E-state index contributed by atoms with van der Waals surface area (Å²) in [4.78, 5) is 0. The van der Waals surface area contributed by atoms with Crippen LogP contribution in [-0.2, 0) is 6.54 Å². The van der Waals surface area contributed by atoms with Gasteiger partial charge in [-0.05, 0) is 46.1 Å². The van der Waals surface area contributed by atoms with Gasteiger partial charge >= 0.3 is 0 Å². The Kier molecular flexibility index (Phi) is 2.40. The first kappa shape index (κ1) is 9.78. The third-order valence-corrected chi connectivity index (χ3v) is 3.31. The van der Waals surface area contributed by atoms with Gasteiger partial charge in [0.1, 0.15) is 11.5 Å². The molecule has 2 heteroatoms. The van der Waals surface area contributed by atoms with E-state index in [1.807, 2.05) is 13.8 Å². The van der Waals surface area contributed by atoms with Crippen LogP contribution in [0.15, 0.2) is 10.5 Å². The van der Waals surface area contributed by atoms with E-state index in [2.05, 4.69) is 18.3 Å². The molecule has 2 nitrogen and oxygen atoms in total. The minimum atomic E-state index is 0.387. The fraction of sp³-hybridized carbons (Fsp3) is 0.667. The van der Waals surface area contributed by atoms with E-state index in [0.717, 1.165) is 18.1 Å². The molecule has 0 amide bonds. The van der Waals surface area contributed by atoms with E-state index in [-0.39, 0.29) is 0 Å². The minimum Gasteiger partial charge on any atom is -0.466 e. The van der Waals surface area contributed by atoms with Gasteiger partial charge in [-0.15, -0.1) is 0 Å². The maximum absolute atomic E-state index is 5.49. The first-order chi connectivity index (χ1) is 6.59. The van der Waals surface area contributed by atoms with Crippen molar-refractivity contribution in [1.29, 1.82) is 0 Å². The molecule has 0 aliphatic heterocycles. The van der Waals surface area contributed by atoms with Crippen LogP contribution in [0, 0.1) is 13.8 Å². The van der Waals surface area contributed by atoms with E-state index in [9.17, 15) is 0 Å². The summed E-state index contributed by atoms with van der Waals surface area (Å²) in [6.07, 6.45) is 3.98. The van der Waals surface area contributed by atoms with Gasteiger partial charge in [0.2, 0.25) is 0 Å². The molecule has 1 fully saturated rings. The fourth-order valence-electron chi connectivity index (χ4n) is 2.05. The van der Waals surface area contributed by atoms with Gasteiger partial charge in [-0.2, -0.15) is 0 Å². The molecule has 0 aromatic carbocycles. The van der Waals surface area contributed by atoms with Crippen molar-refractivity contribution in [2.75, 3.05) is 0 Å². The van der Waals surface area contributed by atoms with Crippen molar-refractivity contribution in [2.45, 2.75) is 52.1 Å². The number of hydrogen-bond acceptors (Lipinski definition) is 2. The van der Waals surface area contributed by atoms with Crippen LogP contribution in [0.2, 0.25) is 0 Å². The molecule has 2 rings (SSSR count). The third-order valence-electron chi connectivity index (χ3n) is 3.31. The summed E-state index contributed by atoms with van der Waals surface area (Å²) in [5.41, 5.74) is 1.69. The molecular weight excluding hydrogens is 174 g/mol. The van der Waals surface area contributed by atoms with Gasteiger partial charge in [0.25, 0.3) is 0 Å². The Morgan fingerprint density at radius 2 is 2.14 bits per heavy atom. The lowest BCUT2D eigenvalue weighted by atomic mass is 9.78. The largest absolute Gasteiger partial charge is 0.466 e. The van der Waals surface area contributed by atoms with Gasteiger partial charge in [0.15, 0.2) is 0 Å². The second kappa shape index (κ2) is 3.43. The molecular formula is C12H19NO.